The van der Waals surface area contributed by atoms with Gasteiger partial charge in [0.25, 0.3) is 0 Å². The highest BCUT2D eigenvalue weighted by Gasteiger charge is 2.17. The highest BCUT2D eigenvalue weighted by molar-refractivity contribution is 5.68. The quantitative estimate of drug-likeness (QED) is 0.306. The molecule has 3 nitrogen and oxygen atoms in total. The Kier molecular flexibility index (Phi) is 15.8. The predicted octanol–water partition coefficient (Wildman–Crippen LogP) is 5.34. The van der Waals surface area contributed by atoms with Gasteiger partial charge in [0.1, 0.15) is 6.17 Å². The Morgan fingerprint density at radius 1 is 0.913 bits per heavy atom. The van der Waals surface area contributed by atoms with Crippen molar-refractivity contribution in [1.29, 1.82) is 0 Å². The lowest BCUT2D eigenvalue weighted by Crippen LogP contribution is -2.21. The maximum atomic E-state index is 13.8. The Balaban J connectivity index is 3.40. The zero-order chi connectivity index (χ0) is 17.3. The van der Waals surface area contributed by atoms with E-state index in [1.807, 2.05) is 0 Å². The Morgan fingerprint density at radius 3 is 2.04 bits per heavy atom. The van der Waals surface area contributed by atoms with Gasteiger partial charge < -0.3 is 9.84 Å². The maximum Gasteiger partial charge on any atom is 0.305 e. The number of rotatable bonds is 16. The number of hydrogen-bond donors (Lipinski definition) is 1. The summed E-state index contributed by atoms with van der Waals surface area (Å²) in [6.45, 7) is 2.19. The van der Waals surface area contributed by atoms with E-state index in [1.165, 1.54) is 32.8 Å². The highest BCUT2D eigenvalue weighted by Crippen LogP contribution is 2.17. The topological polar surface area (TPSA) is 46.5 Å². The summed E-state index contributed by atoms with van der Waals surface area (Å²) in [6, 6.07) is 0. The molecule has 0 aliphatic rings. The lowest BCUT2D eigenvalue weighted by Gasteiger charge is -2.15. The van der Waals surface area contributed by atoms with Gasteiger partial charge in [-0.25, -0.2) is 4.39 Å². The fourth-order valence-corrected chi connectivity index (χ4v) is 2.75. The average Bonchev–Trinajstić information content (AvgIpc) is 2.56. The summed E-state index contributed by atoms with van der Waals surface area (Å²) in [4.78, 5) is 10.9. The molecular formula is C19H37FO3. The van der Waals surface area contributed by atoms with E-state index < -0.39 is 12.3 Å². The Morgan fingerprint density at radius 2 is 1.43 bits per heavy atom. The first-order chi connectivity index (χ1) is 11.1. The number of methoxy groups -OCH3 is 1. The van der Waals surface area contributed by atoms with Crippen LogP contribution in [-0.4, -0.2) is 30.5 Å². The van der Waals surface area contributed by atoms with Crippen molar-refractivity contribution in [3.05, 3.63) is 0 Å². The van der Waals surface area contributed by atoms with Crippen LogP contribution in [0.25, 0.3) is 0 Å². The van der Waals surface area contributed by atoms with E-state index in [-0.39, 0.29) is 5.97 Å². The molecule has 0 aromatic carbocycles. The molecule has 23 heavy (non-hydrogen) atoms. The summed E-state index contributed by atoms with van der Waals surface area (Å²) >= 11 is 0. The standard InChI is InChI=1S/C19H37FO3/c1-3-4-5-6-8-11-14-17(20)18(21)15-12-9-7-10-13-16-19(22)23-2/h17-18,21H,3-16H2,1-2H3/t17-,18-/m0/s1. The second-order valence-electron chi connectivity index (χ2n) is 6.52. The molecule has 2 atom stereocenters. The number of esters is 1. The van der Waals surface area contributed by atoms with Gasteiger partial charge >= 0.3 is 5.97 Å². The molecule has 0 saturated heterocycles. The molecule has 0 aliphatic heterocycles. The van der Waals surface area contributed by atoms with E-state index in [2.05, 4.69) is 11.7 Å². The third-order valence-corrected chi connectivity index (χ3v) is 4.36. The van der Waals surface area contributed by atoms with Crippen LogP contribution in [0, 0.1) is 0 Å². The van der Waals surface area contributed by atoms with Crippen LogP contribution < -0.4 is 0 Å². The number of carbonyl (C=O) groups excluding carboxylic acids is 1. The van der Waals surface area contributed by atoms with Gasteiger partial charge in [0, 0.05) is 6.42 Å². The van der Waals surface area contributed by atoms with Crippen LogP contribution in [0.4, 0.5) is 4.39 Å². The summed E-state index contributed by atoms with van der Waals surface area (Å²) in [6.07, 6.45) is 11.2. The van der Waals surface area contributed by atoms with Crippen LogP contribution in [0.2, 0.25) is 0 Å². The van der Waals surface area contributed by atoms with Crippen LogP contribution in [0.15, 0.2) is 0 Å². The summed E-state index contributed by atoms with van der Waals surface area (Å²) in [5.74, 6) is -0.157. The normalized spacial score (nSPS) is 13.7. The molecule has 0 spiro atoms. The number of halogens is 1. The molecule has 0 fully saturated rings. The van der Waals surface area contributed by atoms with Crippen molar-refractivity contribution >= 4 is 5.97 Å². The summed E-state index contributed by atoms with van der Waals surface area (Å²) in [5.41, 5.74) is 0. The van der Waals surface area contributed by atoms with Gasteiger partial charge in [0.05, 0.1) is 13.2 Å². The minimum atomic E-state index is -1.07. The molecule has 0 rings (SSSR count). The molecule has 0 heterocycles. The fraction of sp³-hybridized carbons (Fsp3) is 0.947. The van der Waals surface area contributed by atoms with Gasteiger partial charge in [-0.2, -0.15) is 0 Å². The van der Waals surface area contributed by atoms with Gasteiger partial charge in [-0.3, -0.25) is 4.79 Å². The number of hydrogen-bond acceptors (Lipinski definition) is 3. The molecule has 0 saturated carbocycles. The third kappa shape index (κ3) is 14.7. The van der Waals surface area contributed by atoms with Crippen molar-refractivity contribution in [3.63, 3.8) is 0 Å². The lowest BCUT2D eigenvalue weighted by atomic mass is 10.0. The summed E-state index contributed by atoms with van der Waals surface area (Å²) < 4.78 is 18.4. The van der Waals surface area contributed by atoms with Gasteiger partial charge in [-0.05, 0) is 19.3 Å². The molecule has 0 aromatic rings. The van der Waals surface area contributed by atoms with E-state index in [4.69, 9.17) is 0 Å². The molecule has 0 aromatic heterocycles. The van der Waals surface area contributed by atoms with Crippen molar-refractivity contribution in [3.8, 4) is 0 Å². The highest BCUT2D eigenvalue weighted by atomic mass is 19.1. The Bertz CT molecular complexity index is 271. The van der Waals surface area contributed by atoms with Crippen LogP contribution in [0.5, 0.6) is 0 Å². The number of aliphatic hydroxyl groups excluding tert-OH is 1. The maximum absolute atomic E-state index is 13.8. The second kappa shape index (κ2) is 16.2. The van der Waals surface area contributed by atoms with Crippen molar-refractivity contribution in [2.45, 2.75) is 109 Å². The van der Waals surface area contributed by atoms with Crippen LogP contribution >= 0.6 is 0 Å². The minimum absolute atomic E-state index is 0.157. The second-order valence-corrected chi connectivity index (χ2v) is 6.52. The largest absolute Gasteiger partial charge is 0.469 e. The Hall–Kier alpha value is -0.640. The first-order valence-electron chi connectivity index (χ1n) is 9.50. The van der Waals surface area contributed by atoms with Gasteiger partial charge in [-0.1, -0.05) is 71.1 Å². The zero-order valence-corrected chi connectivity index (χ0v) is 15.2. The fourth-order valence-electron chi connectivity index (χ4n) is 2.75. The average molecular weight is 333 g/mol. The van der Waals surface area contributed by atoms with Gasteiger partial charge in [-0.15, -0.1) is 0 Å². The SMILES string of the molecule is CCCCCCCC[C@H](F)[C@@H](O)CCCCCCCC(=O)OC. The van der Waals surface area contributed by atoms with Crippen LogP contribution in [-0.2, 0) is 9.53 Å². The van der Waals surface area contributed by atoms with E-state index in [1.54, 1.807) is 0 Å². The molecule has 138 valence electrons. The van der Waals surface area contributed by atoms with Crippen molar-refractivity contribution < 1.29 is 19.0 Å². The lowest BCUT2D eigenvalue weighted by molar-refractivity contribution is -0.140. The van der Waals surface area contributed by atoms with Crippen molar-refractivity contribution in [1.82, 2.24) is 0 Å². The number of aliphatic hydroxyl groups is 1. The molecule has 0 bridgehead atoms. The van der Waals surface area contributed by atoms with Gasteiger partial charge in [0.2, 0.25) is 0 Å². The zero-order valence-electron chi connectivity index (χ0n) is 15.2. The molecule has 1 N–H and O–H groups in total. The molecule has 0 aliphatic carbocycles. The number of ether oxygens (including phenoxy) is 1. The predicted molar refractivity (Wildman–Crippen MR) is 93.2 cm³/mol. The Labute approximate surface area is 142 Å². The first-order valence-corrected chi connectivity index (χ1v) is 9.50. The van der Waals surface area contributed by atoms with Gasteiger partial charge in [0.15, 0.2) is 0 Å². The molecular weight excluding hydrogens is 295 g/mol. The van der Waals surface area contributed by atoms with E-state index in [0.717, 1.165) is 44.9 Å². The number of alkyl halides is 1. The van der Waals surface area contributed by atoms with Crippen molar-refractivity contribution in [2.75, 3.05) is 7.11 Å². The van der Waals surface area contributed by atoms with E-state index in [9.17, 15) is 14.3 Å². The molecule has 0 radical (unpaired) electrons. The summed E-state index contributed by atoms with van der Waals surface area (Å²) in [7, 11) is 1.41. The molecule has 4 heteroatoms. The third-order valence-electron chi connectivity index (χ3n) is 4.36. The van der Waals surface area contributed by atoms with Crippen LogP contribution in [0.1, 0.15) is 96.8 Å². The van der Waals surface area contributed by atoms with E-state index >= 15 is 0 Å². The monoisotopic (exact) mass is 332 g/mol. The first kappa shape index (κ1) is 22.4. The molecule has 0 unspecified atom stereocenters. The number of carbonyl (C=O) groups is 1. The smallest absolute Gasteiger partial charge is 0.305 e. The minimum Gasteiger partial charge on any atom is -0.469 e. The van der Waals surface area contributed by atoms with Crippen molar-refractivity contribution in [2.24, 2.45) is 0 Å². The van der Waals surface area contributed by atoms with Crippen LogP contribution in [0.3, 0.4) is 0 Å². The molecule has 0 amide bonds. The number of unbranched alkanes of at least 4 members (excludes halogenated alkanes) is 9. The summed E-state index contributed by atoms with van der Waals surface area (Å²) in [5, 5.41) is 9.83. The van der Waals surface area contributed by atoms with E-state index in [0.29, 0.717) is 19.3 Å².